The Kier molecular flexibility index (Phi) is 4.38. The molecule has 6 heteroatoms. The van der Waals surface area contributed by atoms with Gasteiger partial charge in [0.05, 0.1) is 23.9 Å². The summed E-state index contributed by atoms with van der Waals surface area (Å²) in [6, 6.07) is 18.0. The second kappa shape index (κ2) is 6.78. The molecule has 2 aromatic carbocycles. The molecule has 0 aliphatic heterocycles. The molecular weight excluding hydrogens is 306 g/mol. The van der Waals surface area contributed by atoms with E-state index in [1.165, 1.54) is 19.2 Å². The van der Waals surface area contributed by atoms with E-state index in [1.54, 1.807) is 12.3 Å². The van der Waals surface area contributed by atoms with E-state index in [2.05, 4.69) is 4.99 Å². The van der Waals surface area contributed by atoms with Gasteiger partial charge in [-0.05, 0) is 30.3 Å². The van der Waals surface area contributed by atoms with Crippen LogP contribution in [0.1, 0.15) is 5.69 Å². The minimum Gasteiger partial charge on any atom is -0.494 e. The highest BCUT2D eigenvalue weighted by molar-refractivity contribution is 5.82. The van der Waals surface area contributed by atoms with Crippen molar-refractivity contribution in [3.8, 4) is 11.4 Å². The van der Waals surface area contributed by atoms with Crippen LogP contribution in [0.25, 0.3) is 5.69 Å². The predicted octanol–water partition coefficient (Wildman–Crippen LogP) is 4.14. The summed E-state index contributed by atoms with van der Waals surface area (Å²) in [6.07, 6.45) is 3.59. The highest BCUT2D eigenvalue weighted by Gasteiger charge is 2.10. The van der Waals surface area contributed by atoms with Gasteiger partial charge in [-0.15, -0.1) is 0 Å². The molecule has 0 saturated carbocycles. The van der Waals surface area contributed by atoms with Crippen LogP contribution in [0.3, 0.4) is 0 Å². The third-order valence-electron chi connectivity index (χ3n) is 3.52. The number of benzene rings is 2. The molecule has 0 aliphatic carbocycles. The molecule has 3 aromatic rings. The van der Waals surface area contributed by atoms with Gasteiger partial charge in [0.1, 0.15) is 11.4 Å². The van der Waals surface area contributed by atoms with Gasteiger partial charge in [-0.2, -0.15) is 0 Å². The van der Waals surface area contributed by atoms with Gasteiger partial charge in [0, 0.05) is 24.0 Å². The first-order chi connectivity index (χ1) is 11.7. The number of non-ortho nitro benzene ring substituents is 1. The van der Waals surface area contributed by atoms with Crippen molar-refractivity contribution in [2.75, 3.05) is 7.11 Å². The monoisotopic (exact) mass is 321 g/mol. The number of nitro groups is 1. The number of hydrogen-bond donors (Lipinski definition) is 0. The molecule has 0 radical (unpaired) electrons. The fraction of sp³-hybridized carbons (Fsp3) is 0.0556. The van der Waals surface area contributed by atoms with Crippen molar-refractivity contribution in [2.24, 2.45) is 4.99 Å². The normalized spacial score (nSPS) is 10.9. The minimum absolute atomic E-state index is 0.0265. The fourth-order valence-electron chi connectivity index (χ4n) is 2.35. The highest BCUT2D eigenvalue weighted by atomic mass is 16.6. The maximum Gasteiger partial charge on any atom is 0.271 e. The largest absolute Gasteiger partial charge is 0.494 e. The van der Waals surface area contributed by atoms with Gasteiger partial charge in [-0.25, -0.2) is 0 Å². The Balaban J connectivity index is 1.96. The van der Waals surface area contributed by atoms with Crippen molar-refractivity contribution >= 4 is 17.6 Å². The van der Waals surface area contributed by atoms with Gasteiger partial charge < -0.3 is 9.30 Å². The first kappa shape index (κ1) is 15.5. The van der Waals surface area contributed by atoms with Crippen molar-refractivity contribution in [3.63, 3.8) is 0 Å². The summed E-state index contributed by atoms with van der Waals surface area (Å²) in [5, 5.41) is 10.9. The van der Waals surface area contributed by atoms with Crippen LogP contribution < -0.4 is 4.74 Å². The topological polar surface area (TPSA) is 69.7 Å². The lowest BCUT2D eigenvalue weighted by Gasteiger charge is -2.06. The molecule has 0 bridgehead atoms. The van der Waals surface area contributed by atoms with E-state index >= 15 is 0 Å². The molecule has 0 spiro atoms. The number of aliphatic imine (C=N–C) groups is 1. The number of aromatic nitrogens is 1. The van der Waals surface area contributed by atoms with Crippen molar-refractivity contribution < 1.29 is 9.66 Å². The number of hydrogen-bond acceptors (Lipinski definition) is 4. The average molecular weight is 321 g/mol. The van der Waals surface area contributed by atoms with Crippen molar-refractivity contribution in [3.05, 3.63) is 82.7 Å². The second-order valence-corrected chi connectivity index (χ2v) is 5.01. The number of methoxy groups -OCH3 is 1. The quantitative estimate of drug-likeness (QED) is 0.403. The van der Waals surface area contributed by atoms with Gasteiger partial charge in [0.2, 0.25) is 0 Å². The second-order valence-electron chi connectivity index (χ2n) is 5.01. The molecule has 120 valence electrons. The lowest BCUT2D eigenvalue weighted by Crippen LogP contribution is -1.97. The van der Waals surface area contributed by atoms with E-state index in [0.717, 1.165) is 11.4 Å². The Labute approximate surface area is 138 Å². The van der Waals surface area contributed by atoms with Crippen LogP contribution in [0.5, 0.6) is 5.75 Å². The molecule has 1 heterocycles. The Bertz CT molecular complexity index is 886. The van der Waals surface area contributed by atoms with Gasteiger partial charge in [0.25, 0.3) is 5.69 Å². The van der Waals surface area contributed by atoms with Crippen LogP contribution >= 0.6 is 0 Å². The SMILES string of the molecule is COc1ccc([N+](=O)[O-])cc1N=Cc1cccn1-c1ccccc1. The summed E-state index contributed by atoms with van der Waals surface area (Å²) in [7, 11) is 1.51. The van der Waals surface area contributed by atoms with E-state index in [-0.39, 0.29) is 5.69 Å². The molecular formula is C18H15N3O3. The minimum atomic E-state index is -0.453. The predicted molar refractivity (Wildman–Crippen MR) is 92.7 cm³/mol. The van der Waals surface area contributed by atoms with Crippen LogP contribution in [-0.2, 0) is 0 Å². The van der Waals surface area contributed by atoms with Crippen LogP contribution in [0.2, 0.25) is 0 Å². The van der Waals surface area contributed by atoms with E-state index in [4.69, 9.17) is 4.74 Å². The van der Waals surface area contributed by atoms with Crippen molar-refractivity contribution in [1.82, 2.24) is 4.57 Å². The number of rotatable bonds is 5. The molecule has 0 saturated heterocycles. The third kappa shape index (κ3) is 3.17. The van der Waals surface area contributed by atoms with Gasteiger partial charge in [-0.1, -0.05) is 18.2 Å². The van der Waals surface area contributed by atoms with Crippen molar-refractivity contribution in [1.29, 1.82) is 0 Å². The summed E-state index contributed by atoms with van der Waals surface area (Å²) in [5.41, 5.74) is 2.25. The maximum absolute atomic E-state index is 10.9. The van der Waals surface area contributed by atoms with Crippen LogP contribution in [-0.4, -0.2) is 22.8 Å². The Morgan fingerprint density at radius 3 is 2.62 bits per heavy atom. The van der Waals surface area contributed by atoms with Crippen molar-refractivity contribution in [2.45, 2.75) is 0 Å². The standard InChI is InChI=1S/C18H15N3O3/c1-24-18-10-9-15(21(22)23)12-17(18)19-13-16-8-5-11-20(16)14-6-3-2-4-7-14/h2-13H,1H3. The zero-order valence-electron chi connectivity index (χ0n) is 13.0. The molecule has 24 heavy (non-hydrogen) atoms. The average Bonchev–Trinajstić information content (AvgIpc) is 3.09. The number of nitrogens with zero attached hydrogens (tertiary/aromatic N) is 3. The summed E-state index contributed by atoms with van der Waals surface area (Å²) in [4.78, 5) is 14.9. The summed E-state index contributed by atoms with van der Waals surface area (Å²) in [5.74, 6) is 0.481. The molecule has 0 amide bonds. The first-order valence-electron chi connectivity index (χ1n) is 7.28. The van der Waals surface area contributed by atoms with Gasteiger partial charge in [0.15, 0.2) is 0 Å². The molecule has 0 aliphatic rings. The van der Waals surface area contributed by atoms with E-state index < -0.39 is 4.92 Å². The smallest absolute Gasteiger partial charge is 0.271 e. The Morgan fingerprint density at radius 2 is 1.92 bits per heavy atom. The molecule has 0 atom stereocenters. The lowest BCUT2D eigenvalue weighted by molar-refractivity contribution is -0.384. The summed E-state index contributed by atoms with van der Waals surface area (Å²) in [6.45, 7) is 0. The van der Waals surface area contributed by atoms with E-state index in [1.807, 2.05) is 53.2 Å². The van der Waals surface area contributed by atoms with Gasteiger partial charge in [-0.3, -0.25) is 15.1 Å². The fourth-order valence-corrected chi connectivity index (χ4v) is 2.35. The molecule has 6 nitrogen and oxygen atoms in total. The molecule has 0 fully saturated rings. The maximum atomic E-state index is 10.9. The van der Waals surface area contributed by atoms with Gasteiger partial charge >= 0.3 is 0 Å². The molecule has 0 N–H and O–H groups in total. The highest BCUT2D eigenvalue weighted by Crippen LogP contribution is 2.31. The summed E-state index contributed by atoms with van der Waals surface area (Å²) < 4.78 is 7.20. The zero-order chi connectivity index (χ0) is 16.9. The Hall–Kier alpha value is -3.41. The molecule has 0 unspecified atom stereocenters. The molecule has 1 aromatic heterocycles. The summed E-state index contributed by atoms with van der Waals surface area (Å²) >= 11 is 0. The van der Waals surface area contributed by atoms with E-state index in [9.17, 15) is 10.1 Å². The number of ether oxygens (including phenoxy) is 1. The number of nitro benzene ring substituents is 1. The Morgan fingerprint density at radius 1 is 1.12 bits per heavy atom. The van der Waals surface area contributed by atoms with Crippen LogP contribution in [0.4, 0.5) is 11.4 Å². The van der Waals surface area contributed by atoms with Crippen LogP contribution in [0.15, 0.2) is 71.9 Å². The number of para-hydroxylation sites is 1. The first-order valence-corrected chi connectivity index (χ1v) is 7.28. The van der Waals surface area contributed by atoms with E-state index in [0.29, 0.717) is 11.4 Å². The third-order valence-corrected chi connectivity index (χ3v) is 3.52. The zero-order valence-corrected chi connectivity index (χ0v) is 13.0. The lowest BCUT2D eigenvalue weighted by atomic mass is 10.2. The van der Waals surface area contributed by atoms with Crippen LogP contribution in [0, 0.1) is 10.1 Å². The molecule has 3 rings (SSSR count).